The Bertz CT molecular complexity index is 615. The first-order chi connectivity index (χ1) is 9.39. The summed E-state index contributed by atoms with van der Waals surface area (Å²) in [6, 6.07) is 4.84. The summed E-state index contributed by atoms with van der Waals surface area (Å²) in [4.78, 5) is 0.297. The first-order valence-corrected chi connectivity index (χ1v) is 8.41. The first kappa shape index (κ1) is 13.9. The van der Waals surface area contributed by atoms with Crippen molar-refractivity contribution in [1.82, 2.24) is 4.31 Å². The quantitative estimate of drug-likeness (QED) is 0.805. The lowest BCUT2D eigenvalue weighted by atomic mass is 10.0. The van der Waals surface area contributed by atoms with Gasteiger partial charge in [-0.3, -0.25) is 0 Å². The Labute approximate surface area is 119 Å². The second-order valence-electron chi connectivity index (χ2n) is 5.87. The Hall–Kier alpha value is -1.11. The summed E-state index contributed by atoms with van der Waals surface area (Å²) in [5.41, 5.74) is 6.91. The third-order valence-electron chi connectivity index (χ3n) is 4.41. The molecule has 2 saturated heterocycles. The molecule has 20 heavy (non-hydrogen) atoms. The van der Waals surface area contributed by atoms with Crippen LogP contribution >= 0.6 is 0 Å². The van der Waals surface area contributed by atoms with Crippen molar-refractivity contribution in [2.45, 2.75) is 55.7 Å². The molecule has 2 atom stereocenters. The summed E-state index contributed by atoms with van der Waals surface area (Å²) < 4.78 is 27.4. The largest absolute Gasteiger partial charge is 0.399 e. The van der Waals surface area contributed by atoms with Crippen LogP contribution in [0.5, 0.6) is 0 Å². The number of aryl methyl sites for hydroxylation is 1. The number of aliphatic hydroxyl groups is 1. The number of rotatable bonds is 2. The maximum atomic E-state index is 12.9. The number of sulfonamides is 1. The number of nitrogens with zero attached hydrogens (tertiary/aromatic N) is 1. The van der Waals surface area contributed by atoms with Crippen molar-refractivity contribution in [2.24, 2.45) is 0 Å². The fourth-order valence-corrected chi connectivity index (χ4v) is 5.66. The number of nitrogen functional groups attached to an aromatic ring is 1. The van der Waals surface area contributed by atoms with E-state index in [0.29, 0.717) is 29.0 Å². The number of benzene rings is 1. The summed E-state index contributed by atoms with van der Waals surface area (Å²) in [5.74, 6) is 0. The van der Waals surface area contributed by atoms with Crippen molar-refractivity contribution >= 4 is 15.7 Å². The lowest BCUT2D eigenvalue weighted by Crippen LogP contribution is -2.47. The monoisotopic (exact) mass is 296 g/mol. The van der Waals surface area contributed by atoms with Gasteiger partial charge < -0.3 is 10.8 Å². The molecule has 3 N–H and O–H groups in total. The smallest absolute Gasteiger partial charge is 0.243 e. The molecule has 2 bridgehead atoms. The molecule has 2 unspecified atom stereocenters. The highest BCUT2D eigenvalue weighted by atomic mass is 32.2. The molecular weight excluding hydrogens is 276 g/mol. The maximum absolute atomic E-state index is 12.9. The summed E-state index contributed by atoms with van der Waals surface area (Å²) in [5, 5.41) is 9.80. The van der Waals surface area contributed by atoms with E-state index in [0.717, 1.165) is 12.8 Å². The number of nitrogens with two attached hydrogens (primary N) is 1. The van der Waals surface area contributed by atoms with Crippen LogP contribution in [0.4, 0.5) is 5.69 Å². The second-order valence-corrected chi connectivity index (χ2v) is 7.68. The number of piperidine rings is 1. The van der Waals surface area contributed by atoms with E-state index in [1.165, 1.54) is 6.07 Å². The van der Waals surface area contributed by atoms with Gasteiger partial charge in [0, 0.05) is 17.8 Å². The molecule has 3 rings (SSSR count). The van der Waals surface area contributed by atoms with Crippen molar-refractivity contribution in [1.29, 1.82) is 0 Å². The normalized spacial score (nSPS) is 30.6. The molecular formula is C14H20N2O3S. The van der Waals surface area contributed by atoms with Gasteiger partial charge in [-0.25, -0.2) is 8.42 Å². The van der Waals surface area contributed by atoms with Gasteiger partial charge in [0.2, 0.25) is 10.0 Å². The first-order valence-electron chi connectivity index (χ1n) is 6.97. The van der Waals surface area contributed by atoms with Crippen LogP contribution in [0, 0.1) is 6.92 Å². The number of anilines is 1. The molecule has 0 saturated carbocycles. The predicted molar refractivity (Wildman–Crippen MR) is 76.7 cm³/mol. The molecule has 1 aromatic rings. The van der Waals surface area contributed by atoms with Crippen LogP contribution in [-0.4, -0.2) is 36.0 Å². The molecule has 0 aliphatic carbocycles. The van der Waals surface area contributed by atoms with Crippen molar-refractivity contribution in [3.05, 3.63) is 23.8 Å². The van der Waals surface area contributed by atoms with E-state index in [2.05, 4.69) is 0 Å². The van der Waals surface area contributed by atoms with Crippen molar-refractivity contribution in [2.75, 3.05) is 5.73 Å². The van der Waals surface area contributed by atoms with Crippen LogP contribution < -0.4 is 5.73 Å². The third-order valence-corrected chi connectivity index (χ3v) is 6.56. The molecule has 2 fully saturated rings. The number of aliphatic hydroxyl groups excluding tert-OH is 1. The molecule has 2 heterocycles. The van der Waals surface area contributed by atoms with E-state index in [-0.39, 0.29) is 18.2 Å². The maximum Gasteiger partial charge on any atom is 0.243 e. The zero-order chi connectivity index (χ0) is 14.5. The van der Waals surface area contributed by atoms with E-state index in [1.54, 1.807) is 23.4 Å². The van der Waals surface area contributed by atoms with Gasteiger partial charge >= 0.3 is 0 Å². The Balaban J connectivity index is 2.03. The average Bonchev–Trinajstić information content (AvgIpc) is 2.66. The summed E-state index contributed by atoms with van der Waals surface area (Å²) in [6.07, 6.45) is 2.37. The zero-order valence-electron chi connectivity index (χ0n) is 11.5. The SMILES string of the molecule is Cc1ccc(N)cc1S(=O)(=O)N1C2CCC1CC(O)C2. The van der Waals surface area contributed by atoms with E-state index in [1.807, 2.05) is 0 Å². The molecule has 0 aromatic heterocycles. The molecule has 2 aliphatic rings. The predicted octanol–water partition coefficient (Wildman–Crippen LogP) is 1.25. The summed E-state index contributed by atoms with van der Waals surface area (Å²) in [7, 11) is -3.53. The van der Waals surface area contributed by atoms with Gasteiger partial charge in [0.05, 0.1) is 11.0 Å². The minimum Gasteiger partial charge on any atom is -0.399 e. The Morgan fingerprint density at radius 3 is 2.45 bits per heavy atom. The van der Waals surface area contributed by atoms with Gasteiger partial charge in [-0.05, 0) is 50.3 Å². The van der Waals surface area contributed by atoms with E-state index >= 15 is 0 Å². The van der Waals surface area contributed by atoms with Crippen LogP contribution in [0.25, 0.3) is 0 Å². The van der Waals surface area contributed by atoms with Crippen LogP contribution in [0.3, 0.4) is 0 Å². The molecule has 0 radical (unpaired) electrons. The standard InChI is InChI=1S/C14H20N2O3S/c1-9-2-3-10(15)6-14(9)20(18,19)16-11-4-5-12(16)8-13(17)7-11/h2-3,6,11-13,17H,4-5,7-8,15H2,1H3. The highest BCUT2D eigenvalue weighted by molar-refractivity contribution is 7.89. The fourth-order valence-electron chi connectivity index (χ4n) is 3.51. The molecule has 1 aromatic carbocycles. The van der Waals surface area contributed by atoms with Gasteiger partial charge in [0.15, 0.2) is 0 Å². The molecule has 6 heteroatoms. The van der Waals surface area contributed by atoms with Crippen LogP contribution in [0.15, 0.2) is 23.1 Å². The zero-order valence-corrected chi connectivity index (χ0v) is 12.3. The van der Waals surface area contributed by atoms with Gasteiger partial charge in [-0.1, -0.05) is 6.07 Å². The third kappa shape index (κ3) is 2.12. The molecule has 2 aliphatic heterocycles. The van der Waals surface area contributed by atoms with Gasteiger partial charge in [0.1, 0.15) is 0 Å². The van der Waals surface area contributed by atoms with Crippen molar-refractivity contribution in [3.63, 3.8) is 0 Å². The fraction of sp³-hybridized carbons (Fsp3) is 0.571. The molecule has 5 nitrogen and oxygen atoms in total. The Kier molecular flexibility index (Phi) is 3.27. The number of hydrogen-bond donors (Lipinski definition) is 2. The van der Waals surface area contributed by atoms with E-state index < -0.39 is 10.0 Å². The Morgan fingerprint density at radius 1 is 1.25 bits per heavy atom. The number of fused-ring (bicyclic) bond motifs is 2. The summed E-state index contributed by atoms with van der Waals surface area (Å²) >= 11 is 0. The molecule has 0 amide bonds. The highest BCUT2D eigenvalue weighted by Gasteiger charge is 2.47. The van der Waals surface area contributed by atoms with Crippen LogP contribution in [0.2, 0.25) is 0 Å². The van der Waals surface area contributed by atoms with Gasteiger partial charge in [-0.15, -0.1) is 0 Å². The van der Waals surface area contributed by atoms with Crippen LogP contribution in [-0.2, 0) is 10.0 Å². The van der Waals surface area contributed by atoms with Crippen LogP contribution in [0.1, 0.15) is 31.2 Å². The van der Waals surface area contributed by atoms with Crippen molar-refractivity contribution < 1.29 is 13.5 Å². The van der Waals surface area contributed by atoms with E-state index in [4.69, 9.17) is 5.73 Å². The van der Waals surface area contributed by atoms with Gasteiger partial charge in [-0.2, -0.15) is 4.31 Å². The summed E-state index contributed by atoms with van der Waals surface area (Å²) in [6.45, 7) is 1.78. The number of hydrogen-bond acceptors (Lipinski definition) is 4. The van der Waals surface area contributed by atoms with Crippen molar-refractivity contribution in [3.8, 4) is 0 Å². The average molecular weight is 296 g/mol. The highest BCUT2D eigenvalue weighted by Crippen LogP contribution is 2.40. The molecule has 110 valence electrons. The van der Waals surface area contributed by atoms with Gasteiger partial charge in [0.25, 0.3) is 0 Å². The minimum absolute atomic E-state index is 0.0745. The Morgan fingerprint density at radius 2 is 1.85 bits per heavy atom. The lowest BCUT2D eigenvalue weighted by molar-refractivity contribution is 0.0768. The topological polar surface area (TPSA) is 83.6 Å². The van der Waals surface area contributed by atoms with E-state index in [9.17, 15) is 13.5 Å². The lowest BCUT2D eigenvalue weighted by Gasteiger charge is -2.36. The molecule has 0 spiro atoms. The second kappa shape index (κ2) is 4.72. The minimum atomic E-state index is -3.53.